The number of hydrogen-bond acceptors (Lipinski definition) is 4. The highest BCUT2D eigenvalue weighted by Crippen LogP contribution is 2.15. The summed E-state index contributed by atoms with van der Waals surface area (Å²) in [5.74, 6) is 0.665. The van der Waals surface area contributed by atoms with E-state index in [-0.39, 0.29) is 6.04 Å². The average molecular weight is 243 g/mol. The molecule has 0 aromatic carbocycles. The quantitative estimate of drug-likeness (QED) is 0.875. The van der Waals surface area contributed by atoms with E-state index in [0.29, 0.717) is 12.4 Å². The van der Waals surface area contributed by atoms with Crippen molar-refractivity contribution < 1.29 is 4.74 Å². The molecule has 0 fully saturated rings. The maximum absolute atomic E-state index is 5.22. The summed E-state index contributed by atoms with van der Waals surface area (Å²) in [6, 6.07) is 10.0. The van der Waals surface area contributed by atoms with Crippen molar-refractivity contribution in [2.24, 2.45) is 0 Å². The summed E-state index contributed by atoms with van der Waals surface area (Å²) in [7, 11) is 1.63. The van der Waals surface area contributed by atoms with Crippen LogP contribution in [-0.4, -0.2) is 17.1 Å². The van der Waals surface area contributed by atoms with Gasteiger partial charge in [0.15, 0.2) is 0 Å². The molecule has 4 nitrogen and oxygen atoms in total. The Balaban J connectivity index is 1.99. The summed E-state index contributed by atoms with van der Waals surface area (Å²) in [5.41, 5.74) is 2.07. The molecule has 2 aromatic rings. The minimum absolute atomic E-state index is 0.191. The summed E-state index contributed by atoms with van der Waals surface area (Å²) in [4.78, 5) is 8.49. The standard InChI is InChI=1S/C14H17N3O/c1-11(13-7-3-4-8-15-13)17-10-12-6-5-9-16-14(12)18-2/h3-9,11,17H,10H2,1-2H3. The predicted molar refractivity (Wildman–Crippen MR) is 70.3 cm³/mol. The lowest BCUT2D eigenvalue weighted by Crippen LogP contribution is -2.19. The normalized spacial score (nSPS) is 12.1. The van der Waals surface area contributed by atoms with Crippen LogP contribution in [-0.2, 0) is 6.54 Å². The molecule has 4 heteroatoms. The SMILES string of the molecule is COc1ncccc1CNC(C)c1ccccn1. The molecule has 1 N–H and O–H groups in total. The molecule has 0 spiro atoms. The number of aromatic nitrogens is 2. The van der Waals surface area contributed by atoms with Crippen LogP contribution in [0.15, 0.2) is 42.7 Å². The van der Waals surface area contributed by atoms with Crippen molar-refractivity contribution in [3.8, 4) is 5.88 Å². The van der Waals surface area contributed by atoms with Gasteiger partial charge in [-0.05, 0) is 25.1 Å². The fraction of sp³-hybridized carbons (Fsp3) is 0.286. The second-order valence-electron chi connectivity index (χ2n) is 4.03. The molecule has 0 aliphatic rings. The van der Waals surface area contributed by atoms with Crippen LogP contribution in [0.3, 0.4) is 0 Å². The van der Waals surface area contributed by atoms with Gasteiger partial charge in [0.1, 0.15) is 0 Å². The highest BCUT2D eigenvalue weighted by molar-refractivity contribution is 5.25. The van der Waals surface area contributed by atoms with Crippen LogP contribution in [0, 0.1) is 0 Å². The largest absolute Gasteiger partial charge is 0.481 e. The van der Waals surface area contributed by atoms with Gasteiger partial charge in [-0.15, -0.1) is 0 Å². The fourth-order valence-corrected chi connectivity index (χ4v) is 1.74. The number of rotatable bonds is 5. The van der Waals surface area contributed by atoms with Crippen LogP contribution in [0.5, 0.6) is 5.88 Å². The van der Waals surface area contributed by atoms with Crippen molar-refractivity contribution >= 4 is 0 Å². The van der Waals surface area contributed by atoms with Gasteiger partial charge < -0.3 is 10.1 Å². The molecule has 0 saturated heterocycles. The summed E-state index contributed by atoms with van der Waals surface area (Å²) in [6.07, 6.45) is 3.53. The molecule has 1 atom stereocenters. The number of ether oxygens (including phenoxy) is 1. The molecule has 2 aromatic heterocycles. The second-order valence-corrected chi connectivity index (χ2v) is 4.03. The van der Waals surface area contributed by atoms with E-state index in [0.717, 1.165) is 11.3 Å². The average Bonchev–Trinajstić information content (AvgIpc) is 2.46. The van der Waals surface area contributed by atoms with Crippen LogP contribution in [0.25, 0.3) is 0 Å². The van der Waals surface area contributed by atoms with Crippen molar-refractivity contribution in [1.82, 2.24) is 15.3 Å². The van der Waals surface area contributed by atoms with Crippen molar-refractivity contribution in [3.05, 3.63) is 54.0 Å². The second kappa shape index (κ2) is 6.12. The maximum Gasteiger partial charge on any atom is 0.217 e. The molecule has 0 aliphatic heterocycles. The van der Waals surface area contributed by atoms with E-state index in [1.54, 1.807) is 19.5 Å². The van der Waals surface area contributed by atoms with Crippen molar-refractivity contribution in [3.63, 3.8) is 0 Å². The first-order chi connectivity index (χ1) is 8.81. The van der Waals surface area contributed by atoms with Crippen molar-refractivity contribution in [2.75, 3.05) is 7.11 Å². The van der Waals surface area contributed by atoms with Gasteiger partial charge in [-0.2, -0.15) is 0 Å². The zero-order valence-electron chi connectivity index (χ0n) is 10.6. The third-order valence-corrected chi connectivity index (χ3v) is 2.77. The molecule has 94 valence electrons. The monoisotopic (exact) mass is 243 g/mol. The first-order valence-electron chi connectivity index (χ1n) is 5.93. The van der Waals surface area contributed by atoms with Gasteiger partial charge in [0, 0.05) is 30.5 Å². The lowest BCUT2D eigenvalue weighted by molar-refractivity contribution is 0.389. The first kappa shape index (κ1) is 12.5. The Hall–Kier alpha value is -1.94. The van der Waals surface area contributed by atoms with Gasteiger partial charge >= 0.3 is 0 Å². The van der Waals surface area contributed by atoms with Gasteiger partial charge in [-0.1, -0.05) is 12.1 Å². The molecule has 0 aliphatic carbocycles. The number of nitrogens with one attached hydrogen (secondary N) is 1. The predicted octanol–water partition coefficient (Wildman–Crippen LogP) is 2.34. The van der Waals surface area contributed by atoms with Gasteiger partial charge in [0.2, 0.25) is 5.88 Å². The minimum Gasteiger partial charge on any atom is -0.481 e. The third-order valence-electron chi connectivity index (χ3n) is 2.77. The summed E-state index contributed by atoms with van der Waals surface area (Å²) in [5, 5.41) is 3.41. The van der Waals surface area contributed by atoms with Crippen LogP contribution < -0.4 is 10.1 Å². The molecule has 1 unspecified atom stereocenters. The molecule has 18 heavy (non-hydrogen) atoms. The Bertz CT molecular complexity index is 487. The zero-order chi connectivity index (χ0) is 12.8. The smallest absolute Gasteiger partial charge is 0.217 e. The number of hydrogen-bond donors (Lipinski definition) is 1. The molecule has 0 radical (unpaired) electrons. The molecule has 0 saturated carbocycles. The highest BCUT2D eigenvalue weighted by Gasteiger charge is 2.08. The van der Waals surface area contributed by atoms with E-state index >= 15 is 0 Å². The summed E-state index contributed by atoms with van der Waals surface area (Å²) in [6.45, 7) is 2.79. The Morgan fingerprint density at radius 1 is 1.17 bits per heavy atom. The topological polar surface area (TPSA) is 47.0 Å². The molecule has 2 heterocycles. The lowest BCUT2D eigenvalue weighted by Gasteiger charge is -2.14. The Morgan fingerprint density at radius 2 is 2.00 bits per heavy atom. The molecule has 2 rings (SSSR count). The fourth-order valence-electron chi connectivity index (χ4n) is 1.74. The van der Waals surface area contributed by atoms with Crippen LogP contribution in [0.4, 0.5) is 0 Å². The Morgan fingerprint density at radius 3 is 2.72 bits per heavy atom. The Labute approximate surface area is 107 Å². The summed E-state index contributed by atoms with van der Waals surface area (Å²) < 4.78 is 5.22. The van der Waals surface area contributed by atoms with Gasteiger partial charge in [0.25, 0.3) is 0 Å². The molecule has 0 amide bonds. The van der Waals surface area contributed by atoms with E-state index < -0.39 is 0 Å². The van der Waals surface area contributed by atoms with Crippen LogP contribution in [0.1, 0.15) is 24.2 Å². The molecular formula is C14H17N3O. The molecule has 0 bridgehead atoms. The van der Waals surface area contributed by atoms with Crippen LogP contribution >= 0.6 is 0 Å². The number of nitrogens with zero attached hydrogens (tertiary/aromatic N) is 2. The van der Waals surface area contributed by atoms with E-state index in [1.807, 2.05) is 30.3 Å². The van der Waals surface area contributed by atoms with E-state index in [2.05, 4.69) is 22.2 Å². The summed E-state index contributed by atoms with van der Waals surface area (Å²) >= 11 is 0. The minimum atomic E-state index is 0.191. The lowest BCUT2D eigenvalue weighted by atomic mass is 10.2. The van der Waals surface area contributed by atoms with Crippen molar-refractivity contribution in [1.29, 1.82) is 0 Å². The maximum atomic E-state index is 5.22. The van der Waals surface area contributed by atoms with E-state index in [4.69, 9.17) is 4.74 Å². The number of pyridine rings is 2. The van der Waals surface area contributed by atoms with E-state index in [9.17, 15) is 0 Å². The molecular weight excluding hydrogens is 226 g/mol. The highest BCUT2D eigenvalue weighted by atomic mass is 16.5. The van der Waals surface area contributed by atoms with E-state index in [1.165, 1.54) is 0 Å². The Kier molecular flexibility index (Phi) is 4.25. The van der Waals surface area contributed by atoms with Gasteiger partial charge in [0.05, 0.1) is 12.8 Å². The van der Waals surface area contributed by atoms with Crippen molar-refractivity contribution in [2.45, 2.75) is 19.5 Å². The van der Waals surface area contributed by atoms with Gasteiger partial charge in [-0.3, -0.25) is 4.98 Å². The third kappa shape index (κ3) is 3.05. The zero-order valence-corrected chi connectivity index (χ0v) is 10.6. The number of methoxy groups -OCH3 is 1. The van der Waals surface area contributed by atoms with Crippen LogP contribution in [0.2, 0.25) is 0 Å². The first-order valence-corrected chi connectivity index (χ1v) is 5.93. The van der Waals surface area contributed by atoms with Gasteiger partial charge in [-0.25, -0.2) is 4.98 Å².